The molecule has 3 aromatic rings. The van der Waals surface area contributed by atoms with Gasteiger partial charge in [0.25, 0.3) is 5.91 Å². The van der Waals surface area contributed by atoms with Crippen LogP contribution in [0, 0.1) is 5.82 Å². The molecule has 0 saturated carbocycles. The Morgan fingerprint density at radius 2 is 1.50 bits per heavy atom. The third-order valence-electron chi connectivity index (χ3n) is 5.88. The lowest BCUT2D eigenvalue weighted by Gasteiger charge is -2.23. The molecule has 0 saturated heterocycles. The Balaban J connectivity index is 1.57. The lowest BCUT2D eigenvalue weighted by Crippen LogP contribution is -2.31. The number of carbonyl (C=O) groups is 1. The number of ether oxygens (including phenoxy) is 1. The molecule has 0 aliphatic carbocycles. The van der Waals surface area contributed by atoms with Crippen LogP contribution >= 0.6 is 7.60 Å². The molecule has 1 amide bonds. The average molecular weight is 584 g/mol. The van der Waals surface area contributed by atoms with Gasteiger partial charge in [0.2, 0.25) is 0 Å². The molecule has 0 aliphatic heterocycles. The molecule has 3 rings (SSSR count). The van der Waals surface area contributed by atoms with E-state index in [9.17, 15) is 32.0 Å². The van der Waals surface area contributed by atoms with Crippen molar-refractivity contribution in [3.05, 3.63) is 89.2 Å². The highest BCUT2D eigenvalue weighted by atomic mass is 31.2. The third kappa shape index (κ3) is 7.69. The highest BCUT2D eigenvalue weighted by Crippen LogP contribution is 2.59. The number of hydrogen-bond donors (Lipinski definition) is 1. The summed E-state index contributed by atoms with van der Waals surface area (Å²) in [5, 5.41) is 10.5. The molecule has 0 aliphatic rings. The Morgan fingerprint density at radius 1 is 0.950 bits per heavy atom. The van der Waals surface area contributed by atoms with Gasteiger partial charge in [0, 0.05) is 7.05 Å². The SMILES string of the molecule is CCOP(=O)(OCC)C(O)c1ccc(C(=O)N(C)CCOc2ccc(-c3ccc(C(F)(F)F)cc3)cc2)c(F)c1. The molecule has 40 heavy (non-hydrogen) atoms. The smallest absolute Gasteiger partial charge is 0.416 e. The molecule has 0 spiro atoms. The second-order valence-electron chi connectivity index (χ2n) is 8.66. The van der Waals surface area contributed by atoms with Gasteiger partial charge in [0.15, 0.2) is 5.85 Å². The van der Waals surface area contributed by atoms with Crippen molar-refractivity contribution >= 4 is 13.5 Å². The van der Waals surface area contributed by atoms with Crippen molar-refractivity contribution in [3.8, 4) is 16.9 Å². The Kier molecular flexibility index (Phi) is 10.5. The molecule has 1 atom stereocenters. The Hall–Kier alpha value is -3.24. The van der Waals surface area contributed by atoms with Crippen LogP contribution in [-0.2, 0) is 19.8 Å². The maximum absolute atomic E-state index is 14.8. The summed E-state index contributed by atoms with van der Waals surface area (Å²) in [5.74, 6) is -2.78. The van der Waals surface area contributed by atoms with Gasteiger partial charge in [-0.05, 0) is 66.9 Å². The molecule has 0 aromatic heterocycles. The van der Waals surface area contributed by atoms with Crippen molar-refractivity contribution in [2.24, 2.45) is 0 Å². The zero-order valence-electron chi connectivity index (χ0n) is 22.2. The fraction of sp³-hybridized carbons (Fsp3) is 0.321. The van der Waals surface area contributed by atoms with Crippen molar-refractivity contribution < 1.29 is 45.8 Å². The van der Waals surface area contributed by atoms with Crippen molar-refractivity contribution in [3.63, 3.8) is 0 Å². The first-order valence-corrected chi connectivity index (χ1v) is 14.0. The van der Waals surface area contributed by atoms with Crippen molar-refractivity contribution in [2.75, 3.05) is 33.4 Å². The van der Waals surface area contributed by atoms with Gasteiger partial charge in [-0.25, -0.2) is 4.39 Å². The van der Waals surface area contributed by atoms with Gasteiger partial charge in [-0.1, -0.05) is 30.3 Å². The minimum absolute atomic E-state index is 0.0174. The highest BCUT2D eigenvalue weighted by Gasteiger charge is 2.36. The number of aliphatic hydroxyl groups is 1. The monoisotopic (exact) mass is 583 g/mol. The fourth-order valence-corrected chi connectivity index (χ4v) is 5.39. The van der Waals surface area contributed by atoms with Crippen LogP contribution in [0.2, 0.25) is 0 Å². The van der Waals surface area contributed by atoms with Crippen LogP contribution in [0.3, 0.4) is 0 Å². The number of benzene rings is 3. The van der Waals surface area contributed by atoms with Crippen LogP contribution in [0.1, 0.15) is 41.2 Å². The van der Waals surface area contributed by atoms with Gasteiger partial charge in [-0.3, -0.25) is 9.36 Å². The van der Waals surface area contributed by atoms with Crippen molar-refractivity contribution in [1.29, 1.82) is 0 Å². The van der Waals surface area contributed by atoms with E-state index in [-0.39, 0.29) is 37.5 Å². The van der Waals surface area contributed by atoms with Crippen molar-refractivity contribution in [2.45, 2.75) is 25.9 Å². The second-order valence-corrected chi connectivity index (χ2v) is 10.7. The molecule has 1 N–H and O–H groups in total. The van der Waals surface area contributed by atoms with E-state index in [2.05, 4.69) is 0 Å². The first kappa shape index (κ1) is 31.3. The summed E-state index contributed by atoms with van der Waals surface area (Å²) >= 11 is 0. The van der Waals surface area contributed by atoms with Gasteiger partial charge >= 0.3 is 13.8 Å². The summed E-state index contributed by atoms with van der Waals surface area (Å²) in [6.45, 7) is 3.41. The molecule has 216 valence electrons. The number of nitrogens with zero attached hydrogens (tertiary/aromatic N) is 1. The van der Waals surface area contributed by atoms with E-state index in [0.717, 1.165) is 18.2 Å². The van der Waals surface area contributed by atoms with Crippen LogP contribution in [0.5, 0.6) is 5.75 Å². The number of likely N-dealkylation sites (N-methyl/N-ethyl adjacent to an activating group) is 1. The molecule has 0 bridgehead atoms. The number of alkyl halides is 3. The molecular formula is C28H30F4NO6P. The maximum atomic E-state index is 14.8. The third-order valence-corrected chi connectivity index (χ3v) is 8.01. The number of aliphatic hydroxyl groups excluding tert-OH is 1. The van der Waals surface area contributed by atoms with Crippen LogP contribution in [-0.4, -0.2) is 49.3 Å². The summed E-state index contributed by atoms with van der Waals surface area (Å²) in [7, 11) is -2.47. The minimum atomic E-state index is -4.40. The maximum Gasteiger partial charge on any atom is 0.416 e. The Bertz CT molecular complexity index is 1320. The number of amides is 1. The zero-order valence-corrected chi connectivity index (χ0v) is 23.0. The van der Waals surface area contributed by atoms with E-state index in [1.807, 2.05) is 0 Å². The molecule has 7 nitrogen and oxygen atoms in total. The molecule has 0 fully saturated rings. The van der Waals surface area contributed by atoms with Crippen LogP contribution in [0.4, 0.5) is 17.6 Å². The van der Waals surface area contributed by atoms with Gasteiger partial charge < -0.3 is 23.8 Å². The lowest BCUT2D eigenvalue weighted by atomic mass is 10.0. The predicted octanol–water partition coefficient (Wildman–Crippen LogP) is 6.92. The molecule has 12 heteroatoms. The van der Waals surface area contributed by atoms with E-state index in [4.69, 9.17) is 13.8 Å². The summed E-state index contributed by atoms with van der Waals surface area (Å²) in [4.78, 5) is 14.0. The molecular weight excluding hydrogens is 553 g/mol. The predicted molar refractivity (Wildman–Crippen MR) is 142 cm³/mol. The van der Waals surface area contributed by atoms with Crippen LogP contribution < -0.4 is 4.74 Å². The largest absolute Gasteiger partial charge is 0.492 e. The highest BCUT2D eigenvalue weighted by molar-refractivity contribution is 7.54. The minimum Gasteiger partial charge on any atom is -0.492 e. The van der Waals surface area contributed by atoms with Gasteiger partial charge in [0.1, 0.15) is 18.2 Å². The van der Waals surface area contributed by atoms with E-state index < -0.39 is 36.9 Å². The second kappa shape index (κ2) is 13.4. The van der Waals surface area contributed by atoms with E-state index in [1.54, 1.807) is 38.1 Å². The Morgan fingerprint density at radius 3 is 2.00 bits per heavy atom. The topological polar surface area (TPSA) is 85.3 Å². The molecule has 1 unspecified atom stereocenters. The zero-order chi connectivity index (χ0) is 29.5. The normalized spacial score (nSPS) is 12.7. The quantitative estimate of drug-likeness (QED) is 0.184. The molecule has 0 heterocycles. The Labute approximate surface area is 229 Å². The molecule has 0 radical (unpaired) electrons. The summed E-state index contributed by atoms with van der Waals surface area (Å²) < 4.78 is 81.7. The standard InChI is InChI=1S/C28H30F4NO6P/c1-4-38-40(36,39-5-2)27(35)21-10-15-24(25(29)18-21)26(34)33(3)16-17-37-23-13-8-20(9-14-23)19-6-11-22(12-7-19)28(30,31)32/h6-15,18,27,35H,4-5,16-17H2,1-3H3. The van der Waals surface area contributed by atoms with Crippen LogP contribution in [0.25, 0.3) is 11.1 Å². The lowest BCUT2D eigenvalue weighted by molar-refractivity contribution is -0.137. The van der Waals surface area contributed by atoms with Gasteiger partial charge in [-0.15, -0.1) is 0 Å². The summed E-state index contributed by atoms with van der Waals surface area (Å²) in [6, 6.07) is 14.9. The van der Waals surface area contributed by atoms with Gasteiger partial charge in [0.05, 0.1) is 30.9 Å². The van der Waals surface area contributed by atoms with E-state index in [0.29, 0.717) is 16.9 Å². The molecule has 3 aromatic carbocycles. The van der Waals surface area contributed by atoms with Crippen molar-refractivity contribution in [1.82, 2.24) is 4.90 Å². The number of rotatable bonds is 12. The first-order chi connectivity index (χ1) is 18.9. The number of hydrogen-bond acceptors (Lipinski definition) is 6. The van der Waals surface area contributed by atoms with E-state index in [1.165, 1.54) is 36.2 Å². The van der Waals surface area contributed by atoms with Gasteiger partial charge in [-0.2, -0.15) is 13.2 Å². The number of carbonyl (C=O) groups excluding carboxylic acids is 1. The number of halogens is 4. The fourth-order valence-electron chi connectivity index (χ4n) is 3.79. The first-order valence-electron chi connectivity index (χ1n) is 12.4. The average Bonchev–Trinajstić information content (AvgIpc) is 2.92. The van der Waals surface area contributed by atoms with E-state index >= 15 is 0 Å². The summed E-state index contributed by atoms with van der Waals surface area (Å²) in [5.41, 5.74) is 0.296. The summed E-state index contributed by atoms with van der Waals surface area (Å²) in [6.07, 6.45) is -4.40. The van der Waals surface area contributed by atoms with Crippen LogP contribution in [0.15, 0.2) is 66.7 Å².